The van der Waals surface area contributed by atoms with E-state index in [1.165, 1.54) is 5.56 Å². The van der Waals surface area contributed by atoms with Gasteiger partial charge in [0.25, 0.3) is 0 Å². The van der Waals surface area contributed by atoms with Gasteiger partial charge in [-0.2, -0.15) is 0 Å². The number of hydrogen-bond acceptors (Lipinski definition) is 5. The number of ether oxygens (including phenoxy) is 1. The van der Waals surface area contributed by atoms with Crippen molar-refractivity contribution in [1.29, 1.82) is 0 Å². The smallest absolute Gasteiger partial charge is 0.161 e. The van der Waals surface area contributed by atoms with Crippen LogP contribution in [0.3, 0.4) is 0 Å². The second kappa shape index (κ2) is 6.92. The molecule has 154 valence electrons. The molecule has 29 heavy (non-hydrogen) atoms. The first-order chi connectivity index (χ1) is 14.1. The van der Waals surface area contributed by atoms with Gasteiger partial charge in [-0.15, -0.1) is 6.58 Å². The Morgan fingerprint density at radius 2 is 2.28 bits per heavy atom. The van der Waals surface area contributed by atoms with Gasteiger partial charge in [-0.3, -0.25) is 4.90 Å². The second-order valence-electron chi connectivity index (χ2n) is 8.84. The number of rotatable bonds is 4. The highest BCUT2D eigenvalue weighted by atomic mass is 16.5. The number of phenols is 1. The Morgan fingerprint density at radius 1 is 1.41 bits per heavy atom. The SMILES string of the molecule is C=CCN1CC[C@@]23CC(O)CCC2C1Cc1c(-c2ccoc2)cc(OC)c(O)c13. The van der Waals surface area contributed by atoms with Crippen molar-refractivity contribution < 1.29 is 19.4 Å². The Balaban J connectivity index is 1.77. The number of fused-ring (bicyclic) bond motifs is 1. The van der Waals surface area contributed by atoms with Crippen molar-refractivity contribution in [2.45, 2.75) is 49.7 Å². The third kappa shape index (κ3) is 2.67. The number of aliphatic hydroxyl groups is 1. The molecule has 1 aliphatic heterocycles. The zero-order valence-corrected chi connectivity index (χ0v) is 16.9. The summed E-state index contributed by atoms with van der Waals surface area (Å²) in [5.41, 5.74) is 4.02. The minimum Gasteiger partial charge on any atom is -0.504 e. The predicted octanol–water partition coefficient (Wildman–Crippen LogP) is 3.88. The number of nitrogens with zero attached hydrogens (tertiary/aromatic N) is 1. The Bertz CT molecular complexity index is 921. The van der Waals surface area contributed by atoms with Crippen LogP contribution in [0, 0.1) is 5.92 Å². The van der Waals surface area contributed by atoms with E-state index >= 15 is 0 Å². The highest BCUT2D eigenvalue weighted by Crippen LogP contribution is 2.60. The first kappa shape index (κ1) is 18.8. The van der Waals surface area contributed by atoms with E-state index < -0.39 is 0 Å². The molecule has 0 spiro atoms. The summed E-state index contributed by atoms with van der Waals surface area (Å²) in [4.78, 5) is 2.54. The predicted molar refractivity (Wildman–Crippen MR) is 111 cm³/mol. The third-order valence-electron chi connectivity index (χ3n) is 7.60. The van der Waals surface area contributed by atoms with Crippen LogP contribution in [0.5, 0.6) is 11.5 Å². The average molecular weight is 395 g/mol. The van der Waals surface area contributed by atoms with Crippen molar-refractivity contribution in [3.8, 4) is 22.6 Å². The molecule has 3 aliphatic rings. The molecule has 5 nitrogen and oxygen atoms in total. The molecule has 2 aromatic rings. The van der Waals surface area contributed by atoms with Crippen LogP contribution in [0.25, 0.3) is 11.1 Å². The minimum atomic E-state index is -0.327. The summed E-state index contributed by atoms with van der Waals surface area (Å²) in [6.45, 7) is 5.79. The molecular formula is C24H29NO4. The summed E-state index contributed by atoms with van der Waals surface area (Å²) in [5, 5.41) is 22.0. The molecule has 2 heterocycles. The molecule has 1 aromatic carbocycles. The second-order valence-corrected chi connectivity index (χ2v) is 8.84. The van der Waals surface area contributed by atoms with Crippen molar-refractivity contribution in [3.63, 3.8) is 0 Å². The van der Waals surface area contributed by atoms with Gasteiger partial charge in [0, 0.05) is 29.1 Å². The van der Waals surface area contributed by atoms with Crippen LogP contribution < -0.4 is 4.74 Å². The number of likely N-dealkylation sites (tertiary alicyclic amines) is 1. The van der Waals surface area contributed by atoms with E-state index in [1.54, 1.807) is 19.6 Å². The number of aliphatic hydroxyl groups excluding tert-OH is 1. The topological polar surface area (TPSA) is 66.1 Å². The maximum absolute atomic E-state index is 11.3. The quantitative estimate of drug-likeness (QED) is 0.769. The molecule has 2 bridgehead atoms. The molecule has 1 saturated heterocycles. The lowest BCUT2D eigenvalue weighted by atomic mass is 9.51. The largest absolute Gasteiger partial charge is 0.504 e. The van der Waals surface area contributed by atoms with Crippen molar-refractivity contribution >= 4 is 0 Å². The van der Waals surface area contributed by atoms with Gasteiger partial charge < -0.3 is 19.4 Å². The standard InChI is InChI=1S/C24H29NO4/c1-3-8-25-9-7-24-13-16(26)4-5-19(24)20(25)11-18-17(15-6-10-29-14-15)12-21(28-2)23(27)22(18)24/h3,6,10,12,14,16,19-20,26-27H,1,4-5,7-9,11,13H2,2H3/t16?,19?,20?,24-/m1/s1. The lowest BCUT2D eigenvalue weighted by Gasteiger charge is -2.60. The summed E-state index contributed by atoms with van der Waals surface area (Å²) in [6.07, 6.45) is 9.42. The van der Waals surface area contributed by atoms with E-state index in [4.69, 9.17) is 9.15 Å². The van der Waals surface area contributed by atoms with Gasteiger partial charge in [-0.1, -0.05) is 6.08 Å². The normalized spacial score (nSPS) is 31.0. The van der Waals surface area contributed by atoms with Crippen LogP contribution in [-0.4, -0.2) is 47.5 Å². The van der Waals surface area contributed by atoms with Crippen LogP contribution in [0.1, 0.15) is 36.8 Å². The average Bonchev–Trinajstić information content (AvgIpc) is 3.24. The molecule has 0 amide bonds. The van der Waals surface area contributed by atoms with Crippen molar-refractivity contribution in [2.75, 3.05) is 20.2 Å². The number of phenolic OH excluding ortho intramolecular Hbond substituents is 1. The molecular weight excluding hydrogens is 366 g/mol. The van der Waals surface area contributed by atoms with E-state index in [0.717, 1.165) is 55.5 Å². The number of furan rings is 1. The number of hydrogen-bond donors (Lipinski definition) is 2. The Hall–Kier alpha value is -2.24. The molecule has 1 aromatic heterocycles. The fourth-order valence-corrected chi connectivity index (χ4v) is 6.49. The van der Waals surface area contributed by atoms with Gasteiger partial charge in [0.1, 0.15) is 0 Å². The first-order valence-corrected chi connectivity index (χ1v) is 10.6. The molecule has 2 aliphatic carbocycles. The molecule has 2 N–H and O–H groups in total. The van der Waals surface area contributed by atoms with Crippen LogP contribution in [0.4, 0.5) is 0 Å². The zero-order chi connectivity index (χ0) is 20.2. The van der Waals surface area contributed by atoms with Gasteiger partial charge in [0.2, 0.25) is 0 Å². The van der Waals surface area contributed by atoms with Gasteiger partial charge in [-0.05, 0) is 67.8 Å². The summed E-state index contributed by atoms with van der Waals surface area (Å²) >= 11 is 0. The fourth-order valence-electron chi connectivity index (χ4n) is 6.49. The highest BCUT2D eigenvalue weighted by Gasteiger charge is 2.57. The Morgan fingerprint density at radius 3 is 3.00 bits per heavy atom. The minimum absolute atomic E-state index is 0.218. The molecule has 0 radical (unpaired) electrons. The number of benzene rings is 1. The van der Waals surface area contributed by atoms with E-state index in [1.807, 2.05) is 18.2 Å². The lowest BCUT2D eigenvalue weighted by Crippen LogP contribution is -2.62. The van der Waals surface area contributed by atoms with E-state index in [0.29, 0.717) is 24.1 Å². The Labute approximate surface area is 171 Å². The van der Waals surface area contributed by atoms with E-state index in [9.17, 15) is 10.2 Å². The molecule has 2 fully saturated rings. The summed E-state index contributed by atoms with van der Waals surface area (Å²) in [7, 11) is 1.60. The van der Waals surface area contributed by atoms with Gasteiger partial charge in [0.05, 0.1) is 25.7 Å². The third-order valence-corrected chi connectivity index (χ3v) is 7.60. The summed E-state index contributed by atoms with van der Waals surface area (Å²) < 4.78 is 11.0. The van der Waals surface area contributed by atoms with Gasteiger partial charge in [0.15, 0.2) is 11.5 Å². The van der Waals surface area contributed by atoms with E-state index in [-0.39, 0.29) is 17.3 Å². The number of aromatic hydroxyl groups is 1. The fraction of sp³-hybridized carbons (Fsp3) is 0.500. The van der Waals surface area contributed by atoms with Gasteiger partial charge in [-0.25, -0.2) is 0 Å². The molecule has 5 rings (SSSR count). The van der Waals surface area contributed by atoms with Crippen molar-refractivity contribution in [1.82, 2.24) is 4.90 Å². The molecule has 1 saturated carbocycles. The van der Waals surface area contributed by atoms with Crippen LogP contribution in [-0.2, 0) is 11.8 Å². The van der Waals surface area contributed by atoms with Crippen LogP contribution >= 0.6 is 0 Å². The van der Waals surface area contributed by atoms with Crippen molar-refractivity contribution in [3.05, 3.63) is 48.4 Å². The molecule has 3 unspecified atom stereocenters. The summed E-state index contributed by atoms with van der Waals surface area (Å²) in [6, 6.07) is 4.28. The summed E-state index contributed by atoms with van der Waals surface area (Å²) in [5.74, 6) is 1.17. The van der Waals surface area contributed by atoms with Gasteiger partial charge >= 0.3 is 0 Å². The van der Waals surface area contributed by atoms with E-state index in [2.05, 4.69) is 11.5 Å². The van der Waals surface area contributed by atoms with Crippen LogP contribution in [0.15, 0.2) is 41.7 Å². The van der Waals surface area contributed by atoms with Crippen molar-refractivity contribution in [2.24, 2.45) is 5.92 Å². The lowest BCUT2D eigenvalue weighted by molar-refractivity contribution is -0.0451. The molecule has 4 atom stereocenters. The first-order valence-electron chi connectivity index (χ1n) is 10.6. The maximum Gasteiger partial charge on any atom is 0.161 e. The highest BCUT2D eigenvalue weighted by molar-refractivity contribution is 5.75. The number of methoxy groups -OCH3 is 1. The zero-order valence-electron chi connectivity index (χ0n) is 16.9. The molecule has 5 heteroatoms. The number of piperidine rings is 1. The van der Waals surface area contributed by atoms with Crippen LogP contribution in [0.2, 0.25) is 0 Å². The Kier molecular flexibility index (Phi) is 4.48. The maximum atomic E-state index is 11.3. The monoisotopic (exact) mass is 395 g/mol.